The lowest BCUT2D eigenvalue weighted by Gasteiger charge is -2.21. The van der Waals surface area contributed by atoms with Crippen molar-refractivity contribution in [1.82, 2.24) is 10.3 Å². The maximum absolute atomic E-state index is 12.2. The van der Waals surface area contributed by atoms with Gasteiger partial charge in [0.05, 0.1) is 5.92 Å². The van der Waals surface area contributed by atoms with Gasteiger partial charge in [0, 0.05) is 28.2 Å². The predicted molar refractivity (Wildman–Crippen MR) is 91.6 cm³/mol. The number of carbonyl (C=O) groups excluding carboxylic acids is 1. The molecule has 0 bridgehead atoms. The molecule has 0 radical (unpaired) electrons. The highest BCUT2D eigenvalue weighted by Crippen LogP contribution is 2.30. The number of aromatic nitrogens is 1. The highest BCUT2D eigenvalue weighted by atomic mass is 32.2. The highest BCUT2D eigenvalue weighted by Gasteiger charge is 2.20. The molecule has 1 atom stereocenters. The summed E-state index contributed by atoms with van der Waals surface area (Å²) in [6.07, 6.45) is 2.04. The molecule has 1 fully saturated rings. The molecular formula is C16H19N3OS2. The molecule has 1 unspecified atom stereocenters. The standard InChI is InChI=1S/C16H19N3OS2/c1-11-10-21-16(18-11)22-14-6-4-13(5-7-14)19-15(20)12-3-2-8-17-9-12/h4-7,10,12,17H,2-3,8-9H2,1H3,(H,19,20). The maximum Gasteiger partial charge on any atom is 0.228 e. The topological polar surface area (TPSA) is 54.0 Å². The van der Waals surface area contributed by atoms with Crippen LogP contribution in [0.2, 0.25) is 0 Å². The Kier molecular flexibility index (Phi) is 5.12. The van der Waals surface area contributed by atoms with Crippen molar-refractivity contribution in [3.8, 4) is 0 Å². The molecular weight excluding hydrogens is 314 g/mol. The average Bonchev–Trinajstić information content (AvgIpc) is 2.95. The van der Waals surface area contributed by atoms with E-state index in [9.17, 15) is 4.79 Å². The lowest BCUT2D eigenvalue weighted by atomic mass is 9.99. The van der Waals surface area contributed by atoms with Gasteiger partial charge in [0.1, 0.15) is 0 Å². The molecule has 2 heterocycles. The van der Waals surface area contributed by atoms with E-state index in [2.05, 4.69) is 21.0 Å². The van der Waals surface area contributed by atoms with Gasteiger partial charge in [-0.1, -0.05) is 11.8 Å². The van der Waals surface area contributed by atoms with E-state index in [1.807, 2.05) is 31.2 Å². The minimum absolute atomic E-state index is 0.0843. The quantitative estimate of drug-likeness (QED) is 0.898. The zero-order valence-electron chi connectivity index (χ0n) is 12.5. The second kappa shape index (κ2) is 7.26. The van der Waals surface area contributed by atoms with E-state index in [1.54, 1.807) is 23.1 Å². The molecule has 1 aliphatic rings. The Balaban J connectivity index is 1.57. The van der Waals surface area contributed by atoms with E-state index in [-0.39, 0.29) is 11.8 Å². The summed E-state index contributed by atoms with van der Waals surface area (Å²) in [6, 6.07) is 7.96. The molecule has 2 N–H and O–H groups in total. The number of rotatable bonds is 4. The second-order valence-corrected chi connectivity index (χ2v) is 7.59. The summed E-state index contributed by atoms with van der Waals surface area (Å²) in [7, 11) is 0. The molecule has 0 spiro atoms. The second-order valence-electron chi connectivity index (χ2n) is 5.41. The lowest BCUT2D eigenvalue weighted by Crippen LogP contribution is -2.37. The Labute approximate surface area is 138 Å². The first-order valence-electron chi connectivity index (χ1n) is 7.42. The number of hydrogen-bond donors (Lipinski definition) is 2. The molecule has 3 rings (SSSR count). The summed E-state index contributed by atoms with van der Waals surface area (Å²) in [5.74, 6) is 0.198. The van der Waals surface area contributed by atoms with Gasteiger partial charge in [-0.05, 0) is 50.6 Å². The van der Waals surface area contributed by atoms with Crippen LogP contribution < -0.4 is 10.6 Å². The molecule has 1 aliphatic heterocycles. The van der Waals surface area contributed by atoms with Crippen LogP contribution in [0, 0.1) is 12.8 Å². The number of aryl methyl sites for hydroxylation is 1. The van der Waals surface area contributed by atoms with Crippen LogP contribution in [0.3, 0.4) is 0 Å². The Morgan fingerprint density at radius 1 is 1.41 bits per heavy atom. The molecule has 1 aromatic heterocycles. The summed E-state index contributed by atoms with van der Waals surface area (Å²) >= 11 is 3.30. The van der Waals surface area contributed by atoms with Crippen molar-refractivity contribution >= 4 is 34.7 Å². The van der Waals surface area contributed by atoms with Crippen LogP contribution in [0.15, 0.2) is 38.9 Å². The van der Waals surface area contributed by atoms with Crippen molar-refractivity contribution in [2.75, 3.05) is 18.4 Å². The van der Waals surface area contributed by atoms with Crippen molar-refractivity contribution in [2.24, 2.45) is 5.92 Å². The van der Waals surface area contributed by atoms with E-state index in [1.165, 1.54) is 0 Å². The molecule has 22 heavy (non-hydrogen) atoms. The fraction of sp³-hybridized carbons (Fsp3) is 0.375. The number of hydrogen-bond acceptors (Lipinski definition) is 5. The number of thiazole rings is 1. The summed E-state index contributed by atoms with van der Waals surface area (Å²) < 4.78 is 1.04. The first kappa shape index (κ1) is 15.5. The van der Waals surface area contributed by atoms with Gasteiger partial charge < -0.3 is 10.6 Å². The maximum atomic E-state index is 12.2. The van der Waals surface area contributed by atoms with Crippen LogP contribution in [-0.2, 0) is 4.79 Å². The molecule has 1 amide bonds. The van der Waals surface area contributed by atoms with Crippen molar-refractivity contribution in [2.45, 2.75) is 29.0 Å². The van der Waals surface area contributed by atoms with E-state index in [4.69, 9.17) is 0 Å². The largest absolute Gasteiger partial charge is 0.326 e. The van der Waals surface area contributed by atoms with Gasteiger partial charge in [-0.15, -0.1) is 11.3 Å². The molecule has 0 saturated carbocycles. The fourth-order valence-electron chi connectivity index (χ4n) is 2.41. The van der Waals surface area contributed by atoms with Gasteiger partial charge in [0.25, 0.3) is 0 Å². The third-order valence-corrected chi connectivity index (χ3v) is 5.66. The van der Waals surface area contributed by atoms with Crippen molar-refractivity contribution in [3.05, 3.63) is 35.3 Å². The predicted octanol–water partition coefficient (Wildman–Crippen LogP) is 3.54. The van der Waals surface area contributed by atoms with Crippen LogP contribution >= 0.6 is 23.1 Å². The summed E-state index contributed by atoms with van der Waals surface area (Å²) in [5.41, 5.74) is 1.91. The molecule has 116 valence electrons. The van der Waals surface area contributed by atoms with E-state index in [0.29, 0.717) is 0 Å². The number of amides is 1. The van der Waals surface area contributed by atoms with Crippen LogP contribution in [0.1, 0.15) is 18.5 Å². The number of nitrogens with one attached hydrogen (secondary N) is 2. The van der Waals surface area contributed by atoms with Crippen molar-refractivity contribution < 1.29 is 4.79 Å². The first-order valence-corrected chi connectivity index (χ1v) is 9.12. The summed E-state index contributed by atoms with van der Waals surface area (Å²) in [6.45, 7) is 3.80. The monoisotopic (exact) mass is 333 g/mol. The number of piperidine rings is 1. The lowest BCUT2D eigenvalue weighted by molar-refractivity contribution is -0.120. The van der Waals surface area contributed by atoms with Crippen molar-refractivity contribution in [3.63, 3.8) is 0 Å². The van der Waals surface area contributed by atoms with Crippen LogP contribution in [0.25, 0.3) is 0 Å². The Morgan fingerprint density at radius 2 is 2.23 bits per heavy atom. The van der Waals surface area contributed by atoms with Gasteiger partial charge in [-0.3, -0.25) is 4.79 Å². The van der Waals surface area contributed by atoms with Crippen LogP contribution in [-0.4, -0.2) is 24.0 Å². The van der Waals surface area contributed by atoms with Gasteiger partial charge in [0.15, 0.2) is 4.34 Å². The molecule has 2 aromatic rings. The first-order chi connectivity index (χ1) is 10.7. The van der Waals surface area contributed by atoms with Crippen LogP contribution in [0.4, 0.5) is 5.69 Å². The number of carbonyl (C=O) groups is 1. The molecule has 4 nitrogen and oxygen atoms in total. The van der Waals surface area contributed by atoms with Crippen LogP contribution in [0.5, 0.6) is 0 Å². The molecule has 6 heteroatoms. The van der Waals surface area contributed by atoms with Gasteiger partial charge in [-0.25, -0.2) is 4.98 Å². The normalized spacial score (nSPS) is 18.1. The Morgan fingerprint density at radius 3 is 2.86 bits per heavy atom. The zero-order valence-corrected chi connectivity index (χ0v) is 14.1. The minimum atomic E-state index is 0.0843. The minimum Gasteiger partial charge on any atom is -0.326 e. The number of anilines is 1. The third kappa shape index (κ3) is 4.09. The van der Waals surface area contributed by atoms with E-state index < -0.39 is 0 Å². The Bertz CT molecular complexity index is 633. The number of nitrogens with zero attached hydrogens (tertiary/aromatic N) is 1. The van der Waals surface area contributed by atoms with Gasteiger partial charge in [0.2, 0.25) is 5.91 Å². The van der Waals surface area contributed by atoms with Crippen molar-refractivity contribution in [1.29, 1.82) is 0 Å². The Hall–Kier alpha value is -1.37. The molecule has 0 aliphatic carbocycles. The zero-order chi connectivity index (χ0) is 15.4. The summed E-state index contributed by atoms with van der Waals surface area (Å²) in [4.78, 5) is 17.8. The van der Waals surface area contributed by atoms with E-state index >= 15 is 0 Å². The fourth-order valence-corrected chi connectivity index (χ4v) is 4.22. The molecule has 1 saturated heterocycles. The average molecular weight is 333 g/mol. The highest BCUT2D eigenvalue weighted by molar-refractivity contribution is 8.01. The molecule has 1 aromatic carbocycles. The number of benzene rings is 1. The summed E-state index contributed by atoms with van der Waals surface area (Å²) in [5, 5.41) is 8.33. The van der Waals surface area contributed by atoms with Gasteiger partial charge in [-0.2, -0.15) is 0 Å². The third-order valence-electron chi connectivity index (χ3n) is 3.59. The smallest absolute Gasteiger partial charge is 0.228 e. The van der Waals surface area contributed by atoms with E-state index in [0.717, 1.165) is 46.5 Å². The SMILES string of the molecule is Cc1csc(Sc2ccc(NC(=O)C3CCCNC3)cc2)n1. The van der Waals surface area contributed by atoms with Gasteiger partial charge >= 0.3 is 0 Å².